The lowest BCUT2D eigenvalue weighted by Gasteiger charge is -2.15. The first-order chi connectivity index (χ1) is 12.2. The fraction of sp³-hybridized carbons (Fsp3) is 0.286. The first-order valence-electron chi connectivity index (χ1n) is 8.64. The lowest BCUT2D eigenvalue weighted by molar-refractivity contribution is 0.340. The summed E-state index contributed by atoms with van der Waals surface area (Å²) in [4.78, 5) is 4.76. The van der Waals surface area contributed by atoms with Gasteiger partial charge in [-0.1, -0.05) is 24.3 Å². The summed E-state index contributed by atoms with van der Waals surface area (Å²) in [5.74, 6) is 0.900. The van der Waals surface area contributed by atoms with Crippen molar-refractivity contribution in [3.8, 4) is 16.3 Å². The maximum Gasteiger partial charge on any atom is 0.123 e. The van der Waals surface area contributed by atoms with E-state index in [1.165, 1.54) is 11.1 Å². The Morgan fingerprint density at radius 3 is 2.60 bits per heavy atom. The van der Waals surface area contributed by atoms with E-state index in [0.29, 0.717) is 12.6 Å². The van der Waals surface area contributed by atoms with Crippen LogP contribution >= 0.6 is 11.3 Å². The summed E-state index contributed by atoms with van der Waals surface area (Å²) in [7, 11) is 0. The normalized spacial score (nSPS) is 12.1. The highest BCUT2D eigenvalue weighted by Crippen LogP contribution is 2.26. The molecule has 0 saturated heterocycles. The molecule has 25 heavy (non-hydrogen) atoms. The molecule has 0 radical (unpaired) electrons. The zero-order valence-electron chi connectivity index (χ0n) is 15.0. The molecule has 0 aliphatic rings. The molecular weight excluding hydrogens is 328 g/mol. The highest BCUT2D eigenvalue weighted by Gasteiger charge is 2.09. The van der Waals surface area contributed by atoms with Crippen molar-refractivity contribution in [2.45, 2.75) is 33.4 Å². The van der Waals surface area contributed by atoms with E-state index >= 15 is 0 Å². The van der Waals surface area contributed by atoms with Gasteiger partial charge in [-0.2, -0.15) is 0 Å². The molecule has 0 saturated carbocycles. The molecule has 0 aliphatic carbocycles. The van der Waals surface area contributed by atoms with Gasteiger partial charge in [0.25, 0.3) is 0 Å². The van der Waals surface area contributed by atoms with Gasteiger partial charge in [0, 0.05) is 23.5 Å². The lowest BCUT2D eigenvalue weighted by Crippen LogP contribution is -2.19. The predicted molar refractivity (Wildman–Crippen MR) is 105 cm³/mol. The fourth-order valence-corrected chi connectivity index (χ4v) is 3.65. The minimum atomic E-state index is 0.303. The van der Waals surface area contributed by atoms with Gasteiger partial charge in [-0.3, -0.25) is 0 Å². The molecule has 0 spiro atoms. The van der Waals surface area contributed by atoms with Crippen molar-refractivity contribution in [1.29, 1.82) is 0 Å². The van der Waals surface area contributed by atoms with Gasteiger partial charge in [-0.05, 0) is 56.2 Å². The number of aromatic nitrogens is 1. The van der Waals surface area contributed by atoms with Crippen LogP contribution in [0.3, 0.4) is 0 Å². The second-order valence-electron chi connectivity index (χ2n) is 6.06. The van der Waals surface area contributed by atoms with Crippen molar-refractivity contribution < 1.29 is 4.74 Å². The van der Waals surface area contributed by atoms with E-state index in [1.54, 1.807) is 11.3 Å². The highest BCUT2D eigenvalue weighted by molar-refractivity contribution is 7.13. The molecule has 1 aromatic heterocycles. The fourth-order valence-electron chi connectivity index (χ4n) is 2.82. The molecule has 0 fully saturated rings. The molecule has 1 heterocycles. The number of nitrogens with zero attached hydrogens (tertiary/aromatic N) is 1. The van der Waals surface area contributed by atoms with E-state index in [0.717, 1.165) is 28.6 Å². The molecule has 1 unspecified atom stereocenters. The van der Waals surface area contributed by atoms with Crippen LogP contribution in [-0.2, 0) is 6.54 Å². The number of hydrogen-bond donors (Lipinski definition) is 1. The van der Waals surface area contributed by atoms with Crippen molar-refractivity contribution in [2.24, 2.45) is 0 Å². The molecule has 0 amide bonds. The van der Waals surface area contributed by atoms with E-state index < -0.39 is 0 Å². The SMILES string of the molecule is CCOc1ccc(-c2nc(CNC(C)c3ccccc3C)cs2)cc1. The van der Waals surface area contributed by atoms with Crippen molar-refractivity contribution >= 4 is 11.3 Å². The highest BCUT2D eigenvalue weighted by atomic mass is 32.1. The molecule has 0 aliphatic heterocycles. The number of nitrogens with one attached hydrogen (secondary N) is 1. The number of aryl methyl sites for hydroxylation is 1. The third kappa shape index (κ3) is 4.47. The summed E-state index contributed by atoms with van der Waals surface area (Å²) in [6.45, 7) is 7.79. The summed E-state index contributed by atoms with van der Waals surface area (Å²) in [5.41, 5.74) is 4.86. The number of hydrogen-bond acceptors (Lipinski definition) is 4. The Hall–Kier alpha value is -2.17. The molecule has 1 N–H and O–H groups in total. The maximum absolute atomic E-state index is 5.49. The smallest absolute Gasteiger partial charge is 0.123 e. The van der Waals surface area contributed by atoms with Crippen LogP contribution in [0.5, 0.6) is 5.75 Å². The van der Waals surface area contributed by atoms with Crippen LogP contribution in [0.25, 0.3) is 10.6 Å². The largest absolute Gasteiger partial charge is 0.494 e. The van der Waals surface area contributed by atoms with Gasteiger partial charge >= 0.3 is 0 Å². The minimum absolute atomic E-state index is 0.303. The van der Waals surface area contributed by atoms with Crippen molar-refractivity contribution in [3.63, 3.8) is 0 Å². The van der Waals surface area contributed by atoms with Crippen LogP contribution in [0.1, 0.15) is 36.7 Å². The number of ether oxygens (including phenoxy) is 1. The Morgan fingerprint density at radius 2 is 1.88 bits per heavy atom. The summed E-state index contributed by atoms with van der Waals surface area (Å²) in [6, 6.07) is 16.9. The molecular formula is C21H24N2OS. The van der Waals surface area contributed by atoms with Crippen LogP contribution in [0, 0.1) is 6.92 Å². The zero-order valence-corrected chi connectivity index (χ0v) is 15.8. The summed E-state index contributed by atoms with van der Waals surface area (Å²) < 4.78 is 5.49. The lowest BCUT2D eigenvalue weighted by atomic mass is 10.0. The molecule has 0 bridgehead atoms. The van der Waals surface area contributed by atoms with E-state index in [9.17, 15) is 0 Å². The molecule has 3 rings (SSSR count). The Balaban J connectivity index is 1.63. The summed E-state index contributed by atoms with van der Waals surface area (Å²) in [5, 5.41) is 6.74. The average Bonchev–Trinajstić information content (AvgIpc) is 3.10. The van der Waals surface area contributed by atoms with Crippen LogP contribution in [0.4, 0.5) is 0 Å². The van der Waals surface area contributed by atoms with Crippen LogP contribution < -0.4 is 10.1 Å². The number of rotatable bonds is 7. The Kier molecular flexibility index (Phi) is 5.84. The van der Waals surface area contributed by atoms with E-state index in [2.05, 4.69) is 60.9 Å². The van der Waals surface area contributed by atoms with E-state index in [4.69, 9.17) is 9.72 Å². The van der Waals surface area contributed by atoms with Gasteiger partial charge in [-0.25, -0.2) is 4.98 Å². The molecule has 1 atom stereocenters. The van der Waals surface area contributed by atoms with Crippen molar-refractivity contribution in [3.05, 3.63) is 70.7 Å². The molecule has 4 heteroatoms. The Bertz CT molecular complexity index is 811. The van der Waals surface area contributed by atoms with Crippen LogP contribution in [-0.4, -0.2) is 11.6 Å². The summed E-state index contributed by atoms with van der Waals surface area (Å²) >= 11 is 1.68. The number of thiazole rings is 1. The molecule has 130 valence electrons. The van der Waals surface area contributed by atoms with Crippen LogP contribution in [0.15, 0.2) is 53.9 Å². The van der Waals surface area contributed by atoms with Gasteiger partial charge in [0.05, 0.1) is 12.3 Å². The van der Waals surface area contributed by atoms with Gasteiger partial charge < -0.3 is 10.1 Å². The van der Waals surface area contributed by atoms with Gasteiger partial charge in [-0.15, -0.1) is 11.3 Å². The van der Waals surface area contributed by atoms with Crippen LogP contribution in [0.2, 0.25) is 0 Å². The molecule has 3 aromatic rings. The summed E-state index contributed by atoms with van der Waals surface area (Å²) in [6.07, 6.45) is 0. The molecule has 3 nitrogen and oxygen atoms in total. The monoisotopic (exact) mass is 352 g/mol. The molecule has 2 aromatic carbocycles. The standard InChI is InChI=1S/C21H24N2OS/c1-4-24-19-11-9-17(10-12-19)21-23-18(14-25-21)13-22-16(3)20-8-6-5-7-15(20)2/h5-12,14,16,22H,4,13H2,1-3H3. The van der Waals surface area contributed by atoms with Gasteiger partial charge in [0.15, 0.2) is 0 Å². The third-order valence-corrected chi connectivity index (χ3v) is 5.15. The van der Waals surface area contributed by atoms with E-state index in [-0.39, 0.29) is 0 Å². The van der Waals surface area contributed by atoms with Gasteiger partial charge in [0.1, 0.15) is 10.8 Å². The second kappa shape index (κ2) is 8.28. The first kappa shape index (κ1) is 17.6. The minimum Gasteiger partial charge on any atom is -0.494 e. The second-order valence-corrected chi connectivity index (χ2v) is 6.92. The average molecular weight is 353 g/mol. The zero-order chi connectivity index (χ0) is 17.6. The Morgan fingerprint density at radius 1 is 1.12 bits per heavy atom. The van der Waals surface area contributed by atoms with Crippen molar-refractivity contribution in [1.82, 2.24) is 10.3 Å². The predicted octanol–water partition coefficient (Wildman–Crippen LogP) is 5.37. The number of benzene rings is 2. The maximum atomic E-state index is 5.49. The third-order valence-electron chi connectivity index (χ3n) is 4.21. The quantitative estimate of drug-likeness (QED) is 0.621. The Labute approximate surface area is 153 Å². The van der Waals surface area contributed by atoms with Crippen molar-refractivity contribution in [2.75, 3.05) is 6.61 Å². The first-order valence-corrected chi connectivity index (χ1v) is 9.52. The topological polar surface area (TPSA) is 34.1 Å². The van der Waals surface area contributed by atoms with Gasteiger partial charge in [0.2, 0.25) is 0 Å². The van der Waals surface area contributed by atoms with E-state index in [1.807, 2.05) is 19.1 Å².